The molecule has 0 radical (unpaired) electrons. The minimum Gasteiger partial charge on any atom is -0.449 e. The van der Waals surface area contributed by atoms with E-state index < -0.39 is 18.0 Å². The molecule has 9 nitrogen and oxygen atoms in total. The summed E-state index contributed by atoms with van der Waals surface area (Å²) in [5.74, 6) is 0.245. The van der Waals surface area contributed by atoms with Crippen LogP contribution in [0.3, 0.4) is 0 Å². The van der Waals surface area contributed by atoms with Gasteiger partial charge in [-0.15, -0.1) is 0 Å². The SMILES string of the molecule is Cc1cc(C)n(-c2ccc(C(=O)OC(C)C(=O)Nc3cc(C)on3)cn2)n1. The molecule has 0 spiro atoms. The smallest absolute Gasteiger partial charge is 0.340 e. The van der Waals surface area contributed by atoms with Crippen LogP contribution in [0.4, 0.5) is 5.82 Å². The monoisotopic (exact) mass is 369 g/mol. The molecule has 0 saturated carbocycles. The highest BCUT2D eigenvalue weighted by molar-refractivity contribution is 5.96. The van der Waals surface area contributed by atoms with E-state index in [1.807, 2.05) is 19.9 Å². The van der Waals surface area contributed by atoms with Crippen molar-refractivity contribution >= 4 is 17.7 Å². The largest absolute Gasteiger partial charge is 0.449 e. The highest BCUT2D eigenvalue weighted by Crippen LogP contribution is 2.12. The molecule has 1 unspecified atom stereocenters. The highest BCUT2D eigenvalue weighted by Gasteiger charge is 2.20. The van der Waals surface area contributed by atoms with Gasteiger partial charge in [-0.3, -0.25) is 4.79 Å². The Labute approximate surface area is 155 Å². The van der Waals surface area contributed by atoms with Crippen molar-refractivity contribution < 1.29 is 18.8 Å². The van der Waals surface area contributed by atoms with Crippen molar-refractivity contribution in [2.75, 3.05) is 5.32 Å². The van der Waals surface area contributed by atoms with E-state index in [2.05, 4.69) is 20.6 Å². The molecule has 1 atom stereocenters. The van der Waals surface area contributed by atoms with Crippen molar-refractivity contribution in [3.05, 3.63) is 53.2 Å². The summed E-state index contributed by atoms with van der Waals surface area (Å²) in [6.07, 6.45) is 0.380. The number of rotatable bonds is 5. The predicted octanol–water partition coefficient (Wildman–Crippen LogP) is 2.36. The summed E-state index contributed by atoms with van der Waals surface area (Å²) in [5, 5.41) is 10.5. The number of aryl methyl sites for hydroxylation is 3. The van der Waals surface area contributed by atoms with Gasteiger partial charge >= 0.3 is 5.97 Å². The van der Waals surface area contributed by atoms with Crippen molar-refractivity contribution in [2.24, 2.45) is 0 Å². The fourth-order valence-corrected chi connectivity index (χ4v) is 2.43. The van der Waals surface area contributed by atoms with E-state index in [0.29, 0.717) is 11.6 Å². The topological polar surface area (TPSA) is 112 Å². The third-order valence-electron chi connectivity index (χ3n) is 3.74. The van der Waals surface area contributed by atoms with Crippen molar-refractivity contribution in [1.29, 1.82) is 0 Å². The maximum Gasteiger partial charge on any atom is 0.340 e. The van der Waals surface area contributed by atoms with Gasteiger partial charge in [0.25, 0.3) is 5.91 Å². The Morgan fingerprint density at radius 2 is 2.00 bits per heavy atom. The Hall–Kier alpha value is -3.49. The Morgan fingerprint density at radius 3 is 2.56 bits per heavy atom. The highest BCUT2D eigenvalue weighted by atomic mass is 16.5. The average molecular weight is 369 g/mol. The van der Waals surface area contributed by atoms with Crippen LogP contribution in [0.15, 0.2) is 35.0 Å². The first kappa shape index (κ1) is 18.3. The second kappa shape index (κ2) is 7.40. The summed E-state index contributed by atoms with van der Waals surface area (Å²) in [7, 11) is 0. The van der Waals surface area contributed by atoms with Crippen LogP contribution in [0.1, 0.15) is 34.4 Å². The van der Waals surface area contributed by atoms with Crippen LogP contribution < -0.4 is 5.32 Å². The van der Waals surface area contributed by atoms with Crippen LogP contribution in [0, 0.1) is 20.8 Å². The molecule has 0 saturated heterocycles. The number of hydrogen-bond donors (Lipinski definition) is 1. The third kappa shape index (κ3) is 4.20. The standard InChI is InChI=1S/C18H19N5O4/c1-10-7-11(2)23(21-10)16-6-5-14(9-19-16)18(25)26-13(4)17(24)20-15-8-12(3)27-22-15/h5-9,13H,1-4H3,(H,20,22,24). The summed E-state index contributed by atoms with van der Waals surface area (Å²) >= 11 is 0. The molecule has 9 heteroatoms. The third-order valence-corrected chi connectivity index (χ3v) is 3.74. The number of anilines is 1. The maximum atomic E-state index is 12.2. The van der Waals surface area contributed by atoms with Gasteiger partial charge in [-0.1, -0.05) is 5.16 Å². The Bertz CT molecular complexity index is 974. The van der Waals surface area contributed by atoms with Crippen LogP contribution in [0.25, 0.3) is 5.82 Å². The lowest BCUT2D eigenvalue weighted by molar-refractivity contribution is -0.123. The number of esters is 1. The Balaban J connectivity index is 1.63. The zero-order chi connectivity index (χ0) is 19.6. The van der Waals surface area contributed by atoms with E-state index in [4.69, 9.17) is 9.26 Å². The van der Waals surface area contributed by atoms with Crippen LogP contribution >= 0.6 is 0 Å². The molecule has 3 heterocycles. The van der Waals surface area contributed by atoms with E-state index in [0.717, 1.165) is 11.4 Å². The zero-order valence-electron chi connectivity index (χ0n) is 15.4. The van der Waals surface area contributed by atoms with Gasteiger partial charge in [0, 0.05) is 18.0 Å². The van der Waals surface area contributed by atoms with Crippen LogP contribution in [0.5, 0.6) is 0 Å². The van der Waals surface area contributed by atoms with Gasteiger partial charge in [-0.05, 0) is 45.9 Å². The van der Waals surface area contributed by atoms with Crippen LogP contribution in [-0.2, 0) is 9.53 Å². The molecule has 0 aromatic carbocycles. The fourth-order valence-electron chi connectivity index (χ4n) is 2.43. The van der Waals surface area contributed by atoms with E-state index in [1.54, 1.807) is 29.8 Å². The molecule has 0 aliphatic carbocycles. The molecule has 3 aromatic rings. The number of hydrogen-bond acceptors (Lipinski definition) is 7. The minimum atomic E-state index is -1.01. The quantitative estimate of drug-likeness (QED) is 0.687. The Kier molecular flexibility index (Phi) is 5.02. The number of ether oxygens (including phenoxy) is 1. The summed E-state index contributed by atoms with van der Waals surface area (Å²) in [4.78, 5) is 28.5. The first-order valence-electron chi connectivity index (χ1n) is 8.28. The molecule has 0 aliphatic heterocycles. The molecule has 0 bridgehead atoms. The molecule has 140 valence electrons. The molecule has 0 fully saturated rings. The number of nitrogens with one attached hydrogen (secondary N) is 1. The molecule has 1 N–H and O–H groups in total. The van der Waals surface area contributed by atoms with Crippen molar-refractivity contribution in [2.45, 2.75) is 33.8 Å². The summed E-state index contributed by atoms with van der Waals surface area (Å²) in [5.41, 5.74) is 2.04. The van der Waals surface area contributed by atoms with Gasteiger partial charge in [0.1, 0.15) is 5.76 Å². The number of carbonyl (C=O) groups excluding carboxylic acids is 2. The van der Waals surface area contributed by atoms with Crippen molar-refractivity contribution in [1.82, 2.24) is 19.9 Å². The number of pyridine rings is 1. The molecule has 1 amide bonds. The number of amides is 1. The second-order valence-electron chi connectivity index (χ2n) is 6.10. The molecular weight excluding hydrogens is 350 g/mol. The molecule has 3 aromatic heterocycles. The van der Waals surface area contributed by atoms with E-state index >= 15 is 0 Å². The van der Waals surface area contributed by atoms with Crippen LogP contribution in [-0.4, -0.2) is 37.9 Å². The molecular formula is C18H19N5O4. The van der Waals surface area contributed by atoms with Crippen molar-refractivity contribution in [3.63, 3.8) is 0 Å². The summed E-state index contributed by atoms with van der Waals surface area (Å²) in [6, 6.07) is 6.74. The summed E-state index contributed by atoms with van der Waals surface area (Å²) in [6.45, 7) is 6.98. The van der Waals surface area contributed by atoms with Gasteiger partial charge in [0.15, 0.2) is 17.7 Å². The van der Waals surface area contributed by atoms with Crippen molar-refractivity contribution in [3.8, 4) is 5.82 Å². The van der Waals surface area contributed by atoms with Gasteiger partial charge in [-0.2, -0.15) is 5.10 Å². The lowest BCUT2D eigenvalue weighted by atomic mass is 10.2. The van der Waals surface area contributed by atoms with E-state index in [-0.39, 0.29) is 11.4 Å². The maximum absolute atomic E-state index is 12.2. The summed E-state index contributed by atoms with van der Waals surface area (Å²) < 4.78 is 11.7. The predicted molar refractivity (Wildman–Crippen MR) is 95.6 cm³/mol. The van der Waals surface area contributed by atoms with Gasteiger partial charge in [0.05, 0.1) is 11.3 Å². The van der Waals surface area contributed by atoms with E-state index in [9.17, 15) is 9.59 Å². The normalized spacial score (nSPS) is 11.9. The molecule has 0 aliphatic rings. The number of nitrogens with zero attached hydrogens (tertiary/aromatic N) is 4. The number of carbonyl (C=O) groups is 2. The van der Waals surface area contributed by atoms with Gasteiger partial charge in [-0.25, -0.2) is 14.5 Å². The average Bonchev–Trinajstić information content (AvgIpc) is 3.19. The van der Waals surface area contributed by atoms with Gasteiger partial charge < -0.3 is 14.6 Å². The lowest BCUT2D eigenvalue weighted by Gasteiger charge is -2.12. The first-order chi connectivity index (χ1) is 12.8. The second-order valence-corrected chi connectivity index (χ2v) is 6.10. The molecule has 3 rings (SSSR count). The Morgan fingerprint density at radius 1 is 1.22 bits per heavy atom. The van der Waals surface area contributed by atoms with Gasteiger partial charge in [0.2, 0.25) is 0 Å². The fraction of sp³-hybridized carbons (Fsp3) is 0.278. The first-order valence-corrected chi connectivity index (χ1v) is 8.28. The molecule has 27 heavy (non-hydrogen) atoms. The minimum absolute atomic E-state index is 0.234. The zero-order valence-corrected chi connectivity index (χ0v) is 15.4. The lowest BCUT2D eigenvalue weighted by Crippen LogP contribution is -2.30. The van der Waals surface area contributed by atoms with E-state index in [1.165, 1.54) is 13.1 Å². The van der Waals surface area contributed by atoms with Crippen LogP contribution in [0.2, 0.25) is 0 Å². The number of aromatic nitrogens is 4.